The van der Waals surface area contributed by atoms with E-state index in [1.54, 1.807) is 62.3 Å². The minimum atomic E-state index is -0.0174. The van der Waals surface area contributed by atoms with E-state index in [1.165, 1.54) is 130 Å². The van der Waals surface area contributed by atoms with Gasteiger partial charge in [-0.15, -0.1) is 0 Å². The topological polar surface area (TPSA) is 183 Å². The maximum absolute atomic E-state index is 11.5. The average molecular weight is 1480 g/mol. The van der Waals surface area contributed by atoms with Gasteiger partial charge in [0.2, 0.25) is 0 Å². The van der Waals surface area contributed by atoms with Crippen molar-refractivity contribution in [3.63, 3.8) is 0 Å². The van der Waals surface area contributed by atoms with E-state index in [1.807, 2.05) is 78.7 Å². The predicted octanol–water partition coefficient (Wildman–Crippen LogP) is 12.7. The van der Waals surface area contributed by atoms with Crippen LogP contribution in [0.4, 0.5) is 5.69 Å². The number of Topliss-reactive ketones (excluding diaryl/α,β-unsaturated/α-hetero) is 9. The van der Waals surface area contributed by atoms with Gasteiger partial charge in [0.1, 0.15) is 40.5 Å². The molecule has 9 heterocycles. The Hall–Kier alpha value is -5.83. The molecular weight excluding hydrogens is 1340 g/mol. The lowest BCUT2D eigenvalue weighted by molar-refractivity contribution is -0.125. The van der Waals surface area contributed by atoms with Gasteiger partial charge in [-0.2, -0.15) is 0 Å². The molecule has 18 nitrogen and oxygen atoms in total. The molecule has 9 aliphatic heterocycles. The quantitative estimate of drug-likeness (QED) is 0.197. The number of fused-ring (bicyclic) bond motifs is 6. The molecule has 9 fully saturated rings. The molecule has 3 aromatic carbocycles. The molecule has 594 valence electrons. The van der Waals surface area contributed by atoms with Crippen LogP contribution in [0.5, 0.6) is 0 Å². The molecule has 15 atom stereocenters. The smallest absolute Gasteiger partial charge is 0.152 e. The normalized spacial score (nSPS) is 30.1. The lowest BCUT2D eigenvalue weighted by Crippen LogP contribution is -2.49. The molecule has 6 saturated heterocycles. The van der Waals surface area contributed by atoms with Crippen LogP contribution in [0.2, 0.25) is 0 Å². The molecule has 0 bridgehead atoms. The number of hydrogen-bond acceptors (Lipinski definition) is 18. The summed E-state index contributed by atoms with van der Waals surface area (Å²) in [5.74, 6) is 6.80. The fourth-order valence-corrected chi connectivity index (χ4v) is 19.9. The van der Waals surface area contributed by atoms with Crippen LogP contribution in [0.1, 0.15) is 225 Å². The van der Waals surface area contributed by atoms with E-state index in [0.717, 1.165) is 114 Å². The Morgan fingerprint density at radius 1 is 0.308 bits per heavy atom. The number of para-hydroxylation sites is 1. The Kier molecular flexibility index (Phi) is 35.1. The first-order valence-corrected chi connectivity index (χ1v) is 40.9. The van der Waals surface area contributed by atoms with Gasteiger partial charge in [-0.05, 0) is 279 Å². The Morgan fingerprint density at radius 2 is 0.748 bits per heavy atom. The first-order valence-electron chi connectivity index (χ1n) is 40.9. The predicted molar refractivity (Wildman–Crippen MR) is 432 cm³/mol. The average Bonchev–Trinajstić information content (AvgIpc) is 1.47. The summed E-state index contributed by atoms with van der Waals surface area (Å²) in [6.45, 7) is 22.6. The van der Waals surface area contributed by atoms with E-state index in [0.29, 0.717) is 46.7 Å². The fourth-order valence-electron chi connectivity index (χ4n) is 19.9. The zero-order chi connectivity index (χ0) is 78.5. The summed E-state index contributed by atoms with van der Waals surface area (Å²) in [6, 6.07) is 26.9. The number of carbonyl (C=O) groups is 9. The summed E-state index contributed by atoms with van der Waals surface area (Å²) < 4.78 is 0. The Bertz CT molecular complexity index is 3430. The highest BCUT2D eigenvalue weighted by Gasteiger charge is 2.44. The number of benzene rings is 3. The third-order valence-electron chi connectivity index (χ3n) is 26.0. The molecule has 3 aliphatic carbocycles. The maximum Gasteiger partial charge on any atom is 0.152 e. The first kappa shape index (κ1) is 88.4. The summed E-state index contributed by atoms with van der Waals surface area (Å²) in [5, 5.41) is 0. The van der Waals surface area contributed by atoms with E-state index >= 15 is 0 Å². The summed E-state index contributed by atoms with van der Waals surface area (Å²) in [5.41, 5.74) is 7.62. The van der Waals surface area contributed by atoms with Crippen LogP contribution in [0.25, 0.3) is 0 Å². The molecule has 0 aromatic heterocycles. The van der Waals surface area contributed by atoms with Crippen molar-refractivity contribution in [3.8, 4) is 0 Å². The van der Waals surface area contributed by atoms with Crippen LogP contribution in [-0.2, 0) is 69.1 Å². The SMILES string of the molecule is CC(=O)C1C2CCCCC2CN1C.CC(=O)C1CC2CCCCC2CN1C.CC(=O)C1CC2CCCCC2N1C.CC(=O)C1CCCCN1C.CC(=O)C1CCCN1C.CC(=O)C1CCN1C.CC(=O)C1Cc2ccccc2CN1C.CC(=O)C1Cc2ccccc2N1C.CC(=O)C1c2ccccc2CN1C. The molecule has 15 rings (SSSR count). The number of nitrogens with zero attached hydrogens (tertiary/aromatic N) is 9. The van der Waals surface area contributed by atoms with Crippen LogP contribution in [0.3, 0.4) is 0 Å². The highest BCUT2D eigenvalue weighted by molar-refractivity contribution is 5.88. The van der Waals surface area contributed by atoms with Gasteiger partial charge < -0.3 is 4.90 Å². The third kappa shape index (κ3) is 24.6. The van der Waals surface area contributed by atoms with Crippen LogP contribution in [0, 0.1) is 29.6 Å². The largest absolute Gasteiger partial charge is 0.364 e. The number of carbonyl (C=O) groups excluding carboxylic acids is 9. The second kappa shape index (κ2) is 42.5. The molecule has 3 saturated carbocycles. The number of likely N-dealkylation sites (tertiary alicyclic amines) is 6. The molecule has 15 unspecified atom stereocenters. The zero-order valence-electron chi connectivity index (χ0n) is 69.3. The van der Waals surface area contributed by atoms with Crippen molar-refractivity contribution in [2.75, 3.05) is 101 Å². The minimum Gasteiger partial charge on any atom is -0.364 e. The third-order valence-corrected chi connectivity index (χ3v) is 26.0. The molecule has 0 amide bonds. The van der Waals surface area contributed by atoms with Gasteiger partial charge in [0, 0.05) is 57.9 Å². The van der Waals surface area contributed by atoms with Crippen molar-refractivity contribution in [1.82, 2.24) is 39.2 Å². The van der Waals surface area contributed by atoms with Gasteiger partial charge in [0.05, 0.1) is 54.4 Å². The van der Waals surface area contributed by atoms with Gasteiger partial charge in [-0.25, -0.2) is 0 Å². The lowest BCUT2D eigenvalue weighted by atomic mass is 9.72. The van der Waals surface area contributed by atoms with Gasteiger partial charge in [0.15, 0.2) is 11.6 Å². The van der Waals surface area contributed by atoms with E-state index in [-0.39, 0.29) is 71.7 Å². The fraction of sp³-hybridized carbons (Fsp3) is 0.697. The van der Waals surface area contributed by atoms with Crippen LogP contribution >= 0.6 is 0 Å². The Labute approximate surface area is 645 Å². The first-order chi connectivity index (χ1) is 50.8. The number of likely N-dealkylation sites (N-methyl/N-ethyl adjacent to an activating group) is 9. The van der Waals surface area contributed by atoms with Crippen LogP contribution < -0.4 is 4.90 Å². The van der Waals surface area contributed by atoms with Crippen molar-refractivity contribution >= 4 is 57.7 Å². The molecule has 0 N–H and O–H groups in total. The Morgan fingerprint density at radius 3 is 1.24 bits per heavy atom. The van der Waals surface area contributed by atoms with Crippen molar-refractivity contribution in [2.45, 2.75) is 277 Å². The summed E-state index contributed by atoms with van der Waals surface area (Å²) in [7, 11) is 18.4. The number of ketones is 9. The van der Waals surface area contributed by atoms with Crippen molar-refractivity contribution < 1.29 is 43.2 Å². The lowest BCUT2D eigenvalue weighted by Gasteiger charge is -2.43. The van der Waals surface area contributed by atoms with Crippen molar-refractivity contribution in [3.05, 3.63) is 101 Å². The van der Waals surface area contributed by atoms with Crippen molar-refractivity contribution in [1.29, 1.82) is 0 Å². The molecule has 3 aromatic rings. The highest BCUT2D eigenvalue weighted by atomic mass is 16.2. The molecule has 0 radical (unpaired) electrons. The van der Waals surface area contributed by atoms with E-state index in [9.17, 15) is 43.2 Å². The number of piperidine rings is 2. The number of anilines is 1. The number of hydrogen-bond donors (Lipinski definition) is 0. The second-order valence-electron chi connectivity index (χ2n) is 33.9. The zero-order valence-corrected chi connectivity index (χ0v) is 69.3. The molecule has 0 spiro atoms. The standard InChI is InChI=1S/C12H21NO.C12H15NO.C11H19NO.C11H13NO.C11H19NO.C11H13NO.C8H15NO.C7H13NO.C6H11NO/c2*1-9(14)12-7-10-5-3-4-6-11(10)8-13(12)2;2*1-8(13)11-10-6-4-3-5-9(10)7-12(11)2;2*1-8(13)11-7-9-5-3-4-6-10(9)12(11)2;1-7(10)8-5-3-4-6-9(8)2;1-6(9)7-4-3-5-8(7)2;1-5(8)6-3-4-7(6)2/h10-12H,3-8H2,1-2H3;3-6,12H,7-8H2,1-2H3;9-11H,3-7H2,1-2H3;3-6,11H,7H2,1-2H3;9-11H,3-7H2,1-2H3;3-6,11H,7H2,1-2H3;8H,3-6H2,1-2H3;7H,3-5H2,1-2H3;6H,3-4H2,1-2H3. The molecule has 107 heavy (non-hydrogen) atoms. The van der Waals surface area contributed by atoms with Crippen LogP contribution in [0.15, 0.2) is 72.8 Å². The van der Waals surface area contributed by atoms with Gasteiger partial charge in [-0.3, -0.25) is 82.4 Å². The molecule has 18 heteroatoms. The Balaban J connectivity index is 0.000000169. The second-order valence-corrected chi connectivity index (χ2v) is 33.9. The highest BCUT2D eigenvalue weighted by Crippen LogP contribution is 2.42. The van der Waals surface area contributed by atoms with E-state index in [4.69, 9.17) is 0 Å². The van der Waals surface area contributed by atoms with Gasteiger partial charge in [-0.1, -0.05) is 118 Å². The summed E-state index contributed by atoms with van der Waals surface area (Å²) in [6.07, 6.45) is 27.1. The molecule has 12 aliphatic rings. The maximum atomic E-state index is 11.5. The van der Waals surface area contributed by atoms with Crippen LogP contribution in [-0.4, -0.2) is 242 Å². The summed E-state index contributed by atoms with van der Waals surface area (Å²) in [4.78, 5) is 120. The van der Waals surface area contributed by atoms with Gasteiger partial charge >= 0.3 is 0 Å². The number of rotatable bonds is 9. The van der Waals surface area contributed by atoms with E-state index < -0.39 is 0 Å². The summed E-state index contributed by atoms with van der Waals surface area (Å²) >= 11 is 0. The van der Waals surface area contributed by atoms with E-state index in [2.05, 4.69) is 102 Å². The monoisotopic (exact) mass is 1480 g/mol. The minimum absolute atomic E-state index is 0.0174. The molecular formula is C89H139N9O9. The van der Waals surface area contributed by atoms with Gasteiger partial charge in [0.25, 0.3) is 0 Å². The van der Waals surface area contributed by atoms with Crippen molar-refractivity contribution in [2.24, 2.45) is 29.6 Å².